The number of benzene rings is 1. The van der Waals surface area contributed by atoms with E-state index in [0.29, 0.717) is 25.9 Å². The van der Waals surface area contributed by atoms with Crippen LogP contribution in [0, 0.1) is 0 Å². The van der Waals surface area contributed by atoms with Gasteiger partial charge in [-0.15, -0.1) is 0 Å². The van der Waals surface area contributed by atoms with Crippen molar-refractivity contribution < 1.29 is 18.0 Å². The quantitative estimate of drug-likeness (QED) is 0.768. The van der Waals surface area contributed by atoms with Crippen molar-refractivity contribution in [1.29, 1.82) is 0 Å². The zero-order valence-corrected chi connectivity index (χ0v) is 15.3. The second-order valence-corrected chi connectivity index (χ2v) is 7.84. The van der Waals surface area contributed by atoms with E-state index in [9.17, 15) is 18.0 Å². The average molecular weight is 367 g/mol. The molecule has 8 heteroatoms. The Hall–Kier alpha value is -1.93. The summed E-state index contributed by atoms with van der Waals surface area (Å²) in [6, 6.07) is 6.29. The van der Waals surface area contributed by atoms with Gasteiger partial charge in [-0.2, -0.15) is 0 Å². The maximum absolute atomic E-state index is 12.1. The minimum absolute atomic E-state index is 0.0656. The summed E-state index contributed by atoms with van der Waals surface area (Å²) in [5.41, 5.74) is 0.907. The molecule has 0 aromatic heterocycles. The summed E-state index contributed by atoms with van der Waals surface area (Å²) in [5, 5.41) is 5.07. The van der Waals surface area contributed by atoms with Crippen molar-refractivity contribution in [3.63, 3.8) is 0 Å². The molecular formula is C17H25N3O4S. The molecule has 0 unspecified atom stereocenters. The van der Waals surface area contributed by atoms with Crippen molar-refractivity contribution >= 4 is 21.8 Å². The number of sulfonamides is 1. The monoisotopic (exact) mass is 367 g/mol. The van der Waals surface area contributed by atoms with E-state index < -0.39 is 10.0 Å². The van der Waals surface area contributed by atoms with E-state index in [-0.39, 0.29) is 16.7 Å². The highest BCUT2D eigenvalue weighted by Gasteiger charge is 2.19. The van der Waals surface area contributed by atoms with Crippen LogP contribution in [0.3, 0.4) is 0 Å². The lowest BCUT2D eigenvalue weighted by atomic mass is 10.1. The molecule has 2 amide bonds. The Labute approximate surface area is 148 Å². The van der Waals surface area contributed by atoms with Crippen molar-refractivity contribution in [2.45, 2.75) is 37.5 Å². The Morgan fingerprint density at radius 2 is 1.72 bits per heavy atom. The van der Waals surface area contributed by atoms with Gasteiger partial charge in [-0.3, -0.25) is 9.59 Å². The van der Waals surface area contributed by atoms with Crippen LogP contribution >= 0.6 is 0 Å². The van der Waals surface area contributed by atoms with Gasteiger partial charge in [0.15, 0.2) is 0 Å². The highest BCUT2D eigenvalue weighted by atomic mass is 32.2. The van der Waals surface area contributed by atoms with E-state index in [1.165, 1.54) is 19.1 Å². The lowest BCUT2D eigenvalue weighted by molar-refractivity contribution is -0.132. The lowest BCUT2D eigenvalue weighted by Gasteiger charge is -2.22. The van der Waals surface area contributed by atoms with Crippen LogP contribution in [0.5, 0.6) is 0 Å². The van der Waals surface area contributed by atoms with Gasteiger partial charge < -0.3 is 9.80 Å². The number of nitrogens with zero attached hydrogens (tertiary/aromatic N) is 2. The Kier molecular flexibility index (Phi) is 6.55. The highest BCUT2D eigenvalue weighted by molar-refractivity contribution is 7.89. The third kappa shape index (κ3) is 5.82. The number of nitrogens with two attached hydrogens (primary N) is 1. The summed E-state index contributed by atoms with van der Waals surface area (Å²) in [6.45, 7) is 4.01. The molecule has 1 aromatic carbocycles. The van der Waals surface area contributed by atoms with Gasteiger partial charge in [-0.05, 0) is 37.0 Å². The minimum Gasteiger partial charge on any atom is -0.343 e. The van der Waals surface area contributed by atoms with E-state index in [4.69, 9.17) is 5.14 Å². The zero-order valence-electron chi connectivity index (χ0n) is 14.5. The number of primary sulfonamides is 1. The van der Waals surface area contributed by atoms with E-state index in [2.05, 4.69) is 0 Å². The lowest BCUT2D eigenvalue weighted by Crippen LogP contribution is -2.36. The van der Waals surface area contributed by atoms with Gasteiger partial charge in [-0.1, -0.05) is 12.1 Å². The van der Waals surface area contributed by atoms with Crippen molar-refractivity contribution in [1.82, 2.24) is 9.80 Å². The first-order valence-corrected chi connectivity index (χ1v) is 9.97. The Morgan fingerprint density at radius 3 is 2.24 bits per heavy atom. The third-order valence-corrected chi connectivity index (χ3v) is 5.35. The van der Waals surface area contributed by atoms with Gasteiger partial charge in [0.2, 0.25) is 21.8 Å². The van der Waals surface area contributed by atoms with E-state index >= 15 is 0 Å². The molecule has 7 nitrogen and oxygen atoms in total. The summed E-state index contributed by atoms with van der Waals surface area (Å²) in [5.74, 6) is 0.0247. The van der Waals surface area contributed by atoms with Gasteiger partial charge in [-0.25, -0.2) is 13.6 Å². The van der Waals surface area contributed by atoms with Crippen LogP contribution in [0.15, 0.2) is 29.2 Å². The Morgan fingerprint density at radius 1 is 1.12 bits per heavy atom. The van der Waals surface area contributed by atoms with Crippen molar-refractivity contribution in [3.05, 3.63) is 29.8 Å². The molecule has 0 atom stereocenters. The maximum atomic E-state index is 12.1. The summed E-state index contributed by atoms with van der Waals surface area (Å²) in [6.07, 6.45) is 3.03. The highest BCUT2D eigenvalue weighted by Crippen LogP contribution is 2.11. The number of amides is 2. The second kappa shape index (κ2) is 8.44. The fourth-order valence-electron chi connectivity index (χ4n) is 2.89. The molecule has 0 radical (unpaired) electrons. The summed E-state index contributed by atoms with van der Waals surface area (Å²) >= 11 is 0. The molecule has 1 saturated heterocycles. The zero-order chi connectivity index (χ0) is 18.4. The maximum Gasteiger partial charge on any atom is 0.238 e. The fraction of sp³-hybridized carbons (Fsp3) is 0.529. The Bertz CT molecular complexity index is 710. The first-order chi connectivity index (χ1) is 11.8. The van der Waals surface area contributed by atoms with Crippen molar-refractivity contribution in [3.8, 4) is 0 Å². The van der Waals surface area contributed by atoms with E-state index in [0.717, 1.165) is 31.5 Å². The van der Waals surface area contributed by atoms with Crippen LogP contribution in [0.2, 0.25) is 0 Å². The predicted molar refractivity (Wildman–Crippen MR) is 94.2 cm³/mol. The van der Waals surface area contributed by atoms with Crippen LogP contribution in [0.25, 0.3) is 0 Å². The number of hydrogen-bond donors (Lipinski definition) is 1. The normalized spacial score (nSPS) is 14.6. The van der Waals surface area contributed by atoms with Gasteiger partial charge in [0.25, 0.3) is 0 Å². The molecule has 0 spiro atoms. The van der Waals surface area contributed by atoms with Crippen molar-refractivity contribution in [2.75, 3.05) is 26.2 Å². The number of carbonyl (C=O) groups excluding carboxylic acids is 2. The molecule has 1 fully saturated rings. The molecule has 0 aliphatic carbocycles. The minimum atomic E-state index is -3.70. The molecule has 2 rings (SSSR count). The van der Waals surface area contributed by atoms with E-state index in [1.807, 2.05) is 4.90 Å². The number of likely N-dealkylation sites (tertiary alicyclic amines) is 1. The molecule has 2 N–H and O–H groups in total. The molecule has 1 aliphatic heterocycles. The molecular weight excluding hydrogens is 342 g/mol. The van der Waals surface area contributed by atoms with Gasteiger partial charge in [0, 0.05) is 39.5 Å². The SMILES string of the molecule is CC(=O)N(CCC(=O)N1CCCC1)CCc1ccc(S(N)(=O)=O)cc1. The van der Waals surface area contributed by atoms with Crippen LogP contribution in [0.4, 0.5) is 0 Å². The summed E-state index contributed by atoms with van der Waals surface area (Å²) in [7, 11) is -3.70. The topological polar surface area (TPSA) is 101 Å². The molecule has 1 heterocycles. The Balaban J connectivity index is 1.86. The summed E-state index contributed by atoms with van der Waals surface area (Å²) < 4.78 is 22.5. The molecule has 1 aromatic rings. The molecule has 25 heavy (non-hydrogen) atoms. The van der Waals surface area contributed by atoms with Gasteiger partial charge >= 0.3 is 0 Å². The number of hydrogen-bond acceptors (Lipinski definition) is 4. The molecule has 0 saturated carbocycles. The van der Waals surface area contributed by atoms with Gasteiger partial charge in [0.1, 0.15) is 0 Å². The summed E-state index contributed by atoms with van der Waals surface area (Å²) in [4.78, 5) is 27.5. The predicted octanol–water partition coefficient (Wildman–Crippen LogP) is 0.738. The van der Waals surface area contributed by atoms with Crippen LogP contribution in [-0.2, 0) is 26.0 Å². The first kappa shape index (κ1) is 19.4. The van der Waals surface area contributed by atoms with Gasteiger partial charge in [0.05, 0.1) is 4.90 Å². The standard InChI is InChI=1S/C17H25N3O4S/c1-14(21)19(13-9-17(22)20-10-2-3-11-20)12-8-15-4-6-16(7-5-15)25(18,23)24/h4-7H,2-3,8-13H2,1H3,(H2,18,23,24). The second-order valence-electron chi connectivity index (χ2n) is 6.28. The van der Waals surface area contributed by atoms with E-state index in [1.54, 1.807) is 17.0 Å². The smallest absolute Gasteiger partial charge is 0.238 e. The largest absolute Gasteiger partial charge is 0.343 e. The molecule has 1 aliphatic rings. The van der Waals surface area contributed by atoms with Crippen LogP contribution in [-0.4, -0.2) is 56.2 Å². The van der Waals surface area contributed by atoms with Crippen LogP contribution < -0.4 is 5.14 Å². The number of rotatable bonds is 7. The fourth-order valence-corrected chi connectivity index (χ4v) is 3.41. The average Bonchev–Trinajstić information content (AvgIpc) is 3.08. The third-order valence-electron chi connectivity index (χ3n) is 4.42. The molecule has 138 valence electrons. The van der Waals surface area contributed by atoms with Crippen LogP contribution in [0.1, 0.15) is 31.7 Å². The first-order valence-electron chi connectivity index (χ1n) is 8.42. The van der Waals surface area contributed by atoms with Crippen molar-refractivity contribution in [2.24, 2.45) is 5.14 Å². The number of carbonyl (C=O) groups is 2. The molecule has 0 bridgehead atoms.